The molecule has 6 aliphatic heterocycles. The Morgan fingerprint density at radius 2 is 1.16 bits per heavy atom. The highest BCUT2D eigenvalue weighted by Gasteiger charge is 2.61. The van der Waals surface area contributed by atoms with Gasteiger partial charge in [0.2, 0.25) is 59.1 Å². The van der Waals surface area contributed by atoms with Gasteiger partial charge in [-0.2, -0.15) is 0 Å². The number of carboxylic acids is 1. The van der Waals surface area contributed by atoms with E-state index >= 15 is 0 Å². The van der Waals surface area contributed by atoms with Crippen LogP contribution < -0.4 is 43.0 Å². The standard InChI is InChI=1S/C58H94N10O32/c1-20(48(59)85)60-50(87)28-10-8-12-67(28)53(90)29-11-9-13-68(29)52(89)21(2)61-51(88)35(66-49(86)27(15-69)62-23(4)73)22(3)94-55-38(65-26(7)76)45(42(82)34(97-55)19-93-54-37(64-25(6)75)43(83)40(80)32(17-71)95-54)98-56-44(84)47(41(81)33(18-72)96-56)100-58(57(91)92)14-30(77)36(63-24(5)74)46(99-58)39(79)31(78)16-70/h20-22,27-47,54-56,69-72,77-84H,8-19H2,1-7H3,(H2,59,85)(H,60,87)(H,61,88)(H,62,73)(H,63,74)(H,64,75)(H,65,76)(H,66,86)(H,91,92)/t20?,21?,22?,27?,28?,29?,30-,31-,32?,33?,34?,35?,36-,37?,38?,39-,40-,41+,42+,43-,44?,45-,46?,47+,54-,55+,56+,58+/m1/s1. The van der Waals surface area contributed by atoms with Gasteiger partial charge in [-0.3, -0.25) is 47.9 Å². The van der Waals surface area contributed by atoms with Crippen LogP contribution in [0.15, 0.2) is 0 Å². The Balaban J connectivity index is 1.38. The van der Waals surface area contributed by atoms with E-state index in [0.29, 0.717) is 6.42 Å². The van der Waals surface area contributed by atoms with Crippen molar-refractivity contribution < 1.29 is 157 Å². The number of aliphatic hydroxyl groups excluding tert-OH is 12. The smallest absolute Gasteiger partial charge is 0.364 e. The first-order chi connectivity index (χ1) is 46.9. The molecule has 0 aromatic carbocycles. The van der Waals surface area contributed by atoms with Gasteiger partial charge in [0.05, 0.1) is 51.3 Å². The lowest BCUT2D eigenvalue weighted by Crippen LogP contribution is -2.71. The van der Waals surface area contributed by atoms with E-state index in [1.165, 1.54) is 23.6 Å². The number of carbonyl (C=O) groups is 11. The summed E-state index contributed by atoms with van der Waals surface area (Å²) in [4.78, 5) is 149. The second-order valence-corrected chi connectivity index (χ2v) is 25.3. The van der Waals surface area contributed by atoms with Crippen molar-refractivity contribution in [2.45, 2.75) is 251 Å². The van der Waals surface area contributed by atoms with Crippen molar-refractivity contribution in [1.82, 2.24) is 47.0 Å². The summed E-state index contributed by atoms with van der Waals surface area (Å²) in [7, 11) is 0. The number of nitrogens with zero attached hydrogens (tertiary/aromatic N) is 2. The average molecular weight is 1440 g/mol. The van der Waals surface area contributed by atoms with Gasteiger partial charge in [0.25, 0.3) is 5.79 Å². The van der Waals surface area contributed by atoms with Crippen molar-refractivity contribution in [2.75, 3.05) is 46.1 Å². The zero-order valence-corrected chi connectivity index (χ0v) is 55.6. The second kappa shape index (κ2) is 36.0. The van der Waals surface area contributed by atoms with Gasteiger partial charge in [-0.25, -0.2) is 4.79 Å². The molecule has 42 heteroatoms. The van der Waals surface area contributed by atoms with E-state index in [0.717, 1.165) is 34.6 Å². The molecule has 14 unspecified atom stereocenters. The summed E-state index contributed by atoms with van der Waals surface area (Å²) in [5, 5.41) is 159. The molecule has 0 aromatic heterocycles. The van der Waals surface area contributed by atoms with Crippen molar-refractivity contribution in [3.8, 4) is 0 Å². The van der Waals surface area contributed by atoms with Crippen LogP contribution in [0.3, 0.4) is 0 Å². The lowest BCUT2D eigenvalue weighted by molar-refractivity contribution is -0.382. The van der Waals surface area contributed by atoms with E-state index in [2.05, 4.69) is 37.2 Å². The molecule has 0 aliphatic carbocycles. The van der Waals surface area contributed by atoms with E-state index in [4.69, 9.17) is 43.6 Å². The number of hydrogen-bond donors (Lipinski definition) is 21. The fraction of sp³-hybridized carbons (Fsp3) is 0.810. The number of likely N-dealkylation sites (tertiary alicyclic amines) is 2. The van der Waals surface area contributed by atoms with Crippen LogP contribution in [0.2, 0.25) is 0 Å². The van der Waals surface area contributed by atoms with Crippen LogP contribution in [-0.2, 0) is 90.6 Å². The Bertz CT molecular complexity index is 2890. The molecule has 6 rings (SSSR count). The van der Waals surface area contributed by atoms with Crippen molar-refractivity contribution in [2.24, 2.45) is 5.73 Å². The Hall–Kier alpha value is -6.63. The fourth-order valence-corrected chi connectivity index (χ4v) is 12.6. The largest absolute Gasteiger partial charge is 0.477 e. The molecule has 22 N–H and O–H groups in total. The number of hydrogen-bond acceptors (Lipinski definition) is 31. The predicted octanol–water partition coefficient (Wildman–Crippen LogP) is -13.2. The quantitative estimate of drug-likeness (QED) is 0.0318. The van der Waals surface area contributed by atoms with E-state index in [-0.39, 0.29) is 32.4 Å². The number of aliphatic hydroxyl groups is 12. The van der Waals surface area contributed by atoms with Crippen LogP contribution in [-0.4, -0.2) is 358 Å². The molecule has 100 heavy (non-hydrogen) atoms. The molecule has 6 fully saturated rings. The summed E-state index contributed by atoms with van der Waals surface area (Å²) in [6, 6.07) is -14.1. The summed E-state index contributed by atoms with van der Waals surface area (Å²) in [6.45, 7) is 2.25. The fourth-order valence-electron chi connectivity index (χ4n) is 12.6. The van der Waals surface area contributed by atoms with Gasteiger partial charge in [-0.1, -0.05) is 0 Å². The highest BCUT2D eigenvalue weighted by Crippen LogP contribution is 2.39. The number of carboxylic acid groups (broad SMARTS) is 1. The number of primary amides is 1. The highest BCUT2D eigenvalue weighted by molar-refractivity contribution is 5.97. The second-order valence-electron chi connectivity index (χ2n) is 25.3. The predicted molar refractivity (Wildman–Crippen MR) is 325 cm³/mol. The SMILES string of the molecule is CC(=O)NC(CO)C(=O)NC(C(=O)NC(C)C(=O)N1CCCC1C(=O)N1CCCC1C(=O)NC(C)C(N)=O)C(C)O[C@H]1OC(CO[C@@H]2OC(CO)[C@@H](O)[C@H](O)C2NC(C)=O)[C@H](O)[C@H](O[C@@H]2OC(CO)[C@H](O)[C@H](O[C@]3(C(=O)O)C[C@@H](O)[C@@H](NC(C)=O)C([C@H](O)[C@H](O)CO)O3)C2O)C1NC(C)=O. The third-order valence-corrected chi connectivity index (χ3v) is 17.8. The lowest BCUT2D eigenvalue weighted by Gasteiger charge is -2.51. The number of aliphatic carboxylic acids is 1. The molecule has 42 nitrogen and oxygen atoms in total. The topological polar surface area (TPSA) is 641 Å². The normalized spacial score (nSPS) is 35.1. The molecule has 0 spiro atoms. The number of amides is 10. The molecule has 6 saturated heterocycles. The third kappa shape index (κ3) is 19.5. The first-order valence-electron chi connectivity index (χ1n) is 32.2. The average Bonchev–Trinajstić information content (AvgIpc) is 0.945. The molecular weight excluding hydrogens is 1350 g/mol. The summed E-state index contributed by atoms with van der Waals surface area (Å²) in [5.74, 6) is -14.4. The van der Waals surface area contributed by atoms with Crippen LogP contribution >= 0.6 is 0 Å². The molecule has 568 valence electrons. The summed E-state index contributed by atoms with van der Waals surface area (Å²) in [5.41, 5.74) is 5.34. The number of nitrogens with one attached hydrogen (secondary N) is 7. The summed E-state index contributed by atoms with van der Waals surface area (Å²) in [6.07, 6.45) is -38.3. The Kier molecular flexibility index (Phi) is 29.6. The summed E-state index contributed by atoms with van der Waals surface area (Å²) >= 11 is 0. The molecule has 10 amide bonds. The van der Waals surface area contributed by atoms with Crippen LogP contribution in [0.1, 0.15) is 80.6 Å². The Morgan fingerprint density at radius 1 is 0.600 bits per heavy atom. The highest BCUT2D eigenvalue weighted by atomic mass is 16.8. The van der Waals surface area contributed by atoms with E-state index in [1.807, 2.05) is 0 Å². The maximum Gasteiger partial charge on any atom is 0.364 e. The number of carbonyl (C=O) groups excluding carboxylic acids is 10. The van der Waals surface area contributed by atoms with Gasteiger partial charge in [-0.05, 0) is 46.5 Å². The van der Waals surface area contributed by atoms with Gasteiger partial charge in [-0.15, -0.1) is 0 Å². The minimum Gasteiger partial charge on any atom is -0.477 e. The lowest BCUT2D eigenvalue weighted by atomic mass is 9.88. The van der Waals surface area contributed by atoms with Gasteiger partial charge in [0.1, 0.15) is 128 Å². The number of rotatable bonds is 30. The number of nitrogens with two attached hydrogens (primary N) is 1. The van der Waals surface area contributed by atoms with Gasteiger partial charge in [0.15, 0.2) is 18.9 Å². The number of ether oxygens (including phenoxy) is 8. The van der Waals surface area contributed by atoms with Gasteiger partial charge in [0, 0.05) is 47.2 Å². The van der Waals surface area contributed by atoms with E-state index in [1.54, 1.807) is 0 Å². The van der Waals surface area contributed by atoms with Gasteiger partial charge >= 0.3 is 5.97 Å². The first-order valence-corrected chi connectivity index (χ1v) is 32.2. The van der Waals surface area contributed by atoms with Crippen molar-refractivity contribution in [3.05, 3.63) is 0 Å². The third-order valence-electron chi connectivity index (χ3n) is 17.8. The molecule has 0 bridgehead atoms. The molecule has 6 heterocycles. The van der Waals surface area contributed by atoms with Crippen molar-refractivity contribution >= 4 is 65.0 Å². The maximum atomic E-state index is 14.8. The van der Waals surface area contributed by atoms with Crippen LogP contribution in [0, 0.1) is 0 Å². The van der Waals surface area contributed by atoms with Crippen LogP contribution in [0.25, 0.3) is 0 Å². The Morgan fingerprint density at radius 3 is 1.73 bits per heavy atom. The minimum absolute atomic E-state index is 0.0212. The molecule has 28 atom stereocenters. The van der Waals surface area contributed by atoms with Gasteiger partial charge < -0.3 is 157 Å². The van der Waals surface area contributed by atoms with E-state index < -0.39 is 275 Å². The molecule has 0 radical (unpaired) electrons. The van der Waals surface area contributed by atoms with Crippen molar-refractivity contribution in [3.63, 3.8) is 0 Å². The minimum atomic E-state index is -3.31. The molecule has 0 saturated carbocycles. The molecular formula is C58H94N10O32. The van der Waals surface area contributed by atoms with Crippen LogP contribution in [0.4, 0.5) is 0 Å². The zero-order chi connectivity index (χ0) is 74.7. The molecule has 6 aliphatic rings. The first kappa shape index (κ1) is 82.3. The summed E-state index contributed by atoms with van der Waals surface area (Å²) < 4.78 is 47.8. The molecule has 0 aromatic rings. The zero-order valence-electron chi connectivity index (χ0n) is 55.6. The van der Waals surface area contributed by atoms with Crippen molar-refractivity contribution in [1.29, 1.82) is 0 Å². The Labute approximate surface area is 570 Å². The van der Waals surface area contributed by atoms with Crippen LogP contribution in [0.5, 0.6) is 0 Å². The monoisotopic (exact) mass is 1440 g/mol. The van der Waals surface area contributed by atoms with E-state index in [9.17, 15) is 119 Å². The maximum absolute atomic E-state index is 14.8.